The predicted molar refractivity (Wildman–Crippen MR) is 120 cm³/mol. The third-order valence-corrected chi connectivity index (χ3v) is 7.14. The second-order valence-electron chi connectivity index (χ2n) is 9.30. The summed E-state index contributed by atoms with van der Waals surface area (Å²) < 4.78 is 6.07. The molecule has 1 saturated heterocycles. The van der Waals surface area contributed by atoms with Gasteiger partial charge in [-0.25, -0.2) is 0 Å². The van der Waals surface area contributed by atoms with Crippen molar-refractivity contribution >= 4 is 0 Å². The molecule has 1 aromatic carbocycles. The first kappa shape index (κ1) is 20.3. The Hall–Kier alpha value is -2.00. The van der Waals surface area contributed by atoms with Crippen LogP contribution in [-0.4, -0.2) is 31.1 Å². The molecule has 2 heterocycles. The third-order valence-electron chi connectivity index (χ3n) is 7.14. The Morgan fingerprint density at radius 3 is 2.41 bits per heavy atom. The highest BCUT2D eigenvalue weighted by Gasteiger charge is 2.44. The monoisotopic (exact) mass is 392 g/mol. The van der Waals surface area contributed by atoms with Crippen molar-refractivity contribution in [3.8, 4) is 0 Å². The topological polar surface area (TPSA) is 24.5 Å². The molecule has 3 heteroatoms. The van der Waals surface area contributed by atoms with E-state index in [2.05, 4.69) is 75.2 Å². The zero-order valence-corrected chi connectivity index (χ0v) is 18.8. The maximum Gasteiger partial charge on any atom is 0.104 e. The lowest BCUT2D eigenvalue weighted by Gasteiger charge is -2.39. The molecule has 3 aliphatic rings. The van der Waals surface area contributed by atoms with E-state index >= 15 is 0 Å². The van der Waals surface area contributed by atoms with Gasteiger partial charge in [0, 0.05) is 35.3 Å². The van der Waals surface area contributed by atoms with Gasteiger partial charge in [-0.1, -0.05) is 37.3 Å². The van der Waals surface area contributed by atoms with Gasteiger partial charge in [0.1, 0.15) is 11.5 Å². The van der Waals surface area contributed by atoms with Gasteiger partial charge in [-0.3, -0.25) is 0 Å². The van der Waals surface area contributed by atoms with E-state index in [9.17, 15) is 0 Å². The summed E-state index contributed by atoms with van der Waals surface area (Å²) in [6.45, 7) is 15.5. The van der Waals surface area contributed by atoms with Crippen molar-refractivity contribution in [2.24, 2.45) is 5.41 Å². The lowest BCUT2D eigenvalue weighted by Crippen LogP contribution is -2.42. The molecule has 1 aromatic rings. The van der Waals surface area contributed by atoms with Gasteiger partial charge in [0.15, 0.2) is 0 Å². The van der Waals surface area contributed by atoms with Crippen molar-refractivity contribution in [2.45, 2.75) is 59.8 Å². The van der Waals surface area contributed by atoms with Gasteiger partial charge in [0.05, 0.1) is 0 Å². The Morgan fingerprint density at radius 2 is 1.76 bits per heavy atom. The average molecular weight is 393 g/mol. The van der Waals surface area contributed by atoms with Crippen LogP contribution in [0.5, 0.6) is 0 Å². The number of nitrogens with zero attached hydrogens (tertiary/aromatic N) is 1. The molecule has 1 fully saturated rings. The molecule has 4 rings (SSSR count). The fourth-order valence-corrected chi connectivity index (χ4v) is 5.53. The zero-order valence-electron chi connectivity index (χ0n) is 18.8. The Labute approximate surface area is 176 Å². The minimum absolute atomic E-state index is 0.122. The molecule has 156 valence electrons. The first-order valence-electron chi connectivity index (χ1n) is 11.2. The van der Waals surface area contributed by atoms with Crippen molar-refractivity contribution in [2.75, 3.05) is 26.2 Å². The SMILES string of the molecule is CCNC1=C2C(C)=C(C)OC(C)=C2CC1(C)CN1CCC(c2ccccc2)CC1. The molecular weight excluding hydrogens is 356 g/mol. The van der Waals surface area contributed by atoms with Crippen LogP contribution in [0.15, 0.2) is 64.3 Å². The number of nitrogens with one attached hydrogen (secondary N) is 1. The van der Waals surface area contributed by atoms with Crippen molar-refractivity contribution < 1.29 is 4.74 Å². The molecule has 0 amide bonds. The fraction of sp³-hybridized carbons (Fsp3) is 0.538. The molecule has 2 aliphatic heterocycles. The molecule has 1 N–H and O–H groups in total. The molecule has 0 aromatic heterocycles. The quantitative estimate of drug-likeness (QED) is 0.692. The minimum Gasteiger partial charge on any atom is -0.466 e. The Morgan fingerprint density at radius 1 is 1.07 bits per heavy atom. The van der Waals surface area contributed by atoms with E-state index in [1.165, 1.54) is 53.9 Å². The van der Waals surface area contributed by atoms with Crippen LogP contribution in [0.25, 0.3) is 0 Å². The van der Waals surface area contributed by atoms with Crippen LogP contribution in [0.1, 0.15) is 65.4 Å². The first-order valence-corrected chi connectivity index (χ1v) is 11.2. The molecule has 29 heavy (non-hydrogen) atoms. The summed E-state index contributed by atoms with van der Waals surface area (Å²) in [7, 11) is 0. The third kappa shape index (κ3) is 3.77. The number of rotatable bonds is 5. The van der Waals surface area contributed by atoms with Crippen molar-refractivity contribution in [3.05, 3.63) is 69.8 Å². The van der Waals surface area contributed by atoms with E-state index in [0.717, 1.165) is 31.0 Å². The lowest BCUT2D eigenvalue weighted by atomic mass is 9.83. The second kappa shape index (κ2) is 8.02. The molecule has 1 atom stereocenters. The summed E-state index contributed by atoms with van der Waals surface area (Å²) in [6, 6.07) is 11.1. The van der Waals surface area contributed by atoms with E-state index in [4.69, 9.17) is 4.74 Å². The number of fused-ring (bicyclic) bond motifs is 1. The van der Waals surface area contributed by atoms with Crippen LogP contribution in [-0.2, 0) is 4.74 Å². The molecule has 1 aliphatic carbocycles. The molecule has 3 nitrogen and oxygen atoms in total. The summed E-state index contributed by atoms with van der Waals surface area (Å²) in [5, 5.41) is 3.76. The smallest absolute Gasteiger partial charge is 0.104 e. The highest BCUT2D eigenvalue weighted by molar-refractivity contribution is 5.58. The standard InChI is InChI=1S/C26H36N2O/c1-6-27-25-24-18(2)19(3)29-20(4)23(24)16-26(25,5)17-28-14-12-22(13-15-28)21-10-8-7-9-11-21/h7-11,22,27H,6,12-17H2,1-5H3. The normalized spacial score (nSPS) is 26.1. The maximum atomic E-state index is 6.07. The van der Waals surface area contributed by atoms with Gasteiger partial charge >= 0.3 is 0 Å². The van der Waals surface area contributed by atoms with Crippen LogP contribution in [0, 0.1) is 5.41 Å². The summed E-state index contributed by atoms with van der Waals surface area (Å²) in [5.74, 6) is 2.85. The Bertz CT molecular complexity index is 856. The molecule has 0 bridgehead atoms. The maximum absolute atomic E-state index is 6.07. The molecule has 0 radical (unpaired) electrons. The molecular formula is C26H36N2O. The fourth-order valence-electron chi connectivity index (χ4n) is 5.53. The number of allylic oxidation sites excluding steroid dienone is 5. The first-order chi connectivity index (χ1) is 13.9. The summed E-state index contributed by atoms with van der Waals surface area (Å²) in [5.41, 5.74) is 7.19. The number of likely N-dealkylation sites (tertiary alicyclic amines) is 1. The van der Waals surface area contributed by atoms with Gasteiger partial charge in [0.2, 0.25) is 0 Å². The number of piperidine rings is 1. The van der Waals surface area contributed by atoms with Crippen molar-refractivity contribution in [1.29, 1.82) is 0 Å². The Kier molecular flexibility index (Phi) is 5.61. The van der Waals surface area contributed by atoms with Crippen LogP contribution >= 0.6 is 0 Å². The minimum atomic E-state index is 0.122. The average Bonchev–Trinajstić information content (AvgIpc) is 3.01. The zero-order chi connectivity index (χ0) is 20.6. The van der Waals surface area contributed by atoms with Gasteiger partial charge in [-0.15, -0.1) is 0 Å². The molecule has 1 unspecified atom stereocenters. The number of benzene rings is 1. The van der Waals surface area contributed by atoms with Gasteiger partial charge in [-0.05, 0) is 77.1 Å². The van der Waals surface area contributed by atoms with Crippen LogP contribution < -0.4 is 5.32 Å². The highest BCUT2D eigenvalue weighted by atomic mass is 16.5. The highest BCUT2D eigenvalue weighted by Crippen LogP contribution is 2.51. The summed E-state index contributed by atoms with van der Waals surface area (Å²) in [4.78, 5) is 2.69. The van der Waals surface area contributed by atoms with Crippen LogP contribution in [0.4, 0.5) is 0 Å². The summed E-state index contributed by atoms with van der Waals surface area (Å²) >= 11 is 0. The van der Waals surface area contributed by atoms with Gasteiger partial charge in [-0.2, -0.15) is 0 Å². The van der Waals surface area contributed by atoms with E-state index in [0.29, 0.717) is 5.92 Å². The van der Waals surface area contributed by atoms with E-state index in [1.807, 2.05) is 0 Å². The predicted octanol–water partition coefficient (Wildman–Crippen LogP) is 5.74. The van der Waals surface area contributed by atoms with Crippen LogP contribution in [0.2, 0.25) is 0 Å². The molecule has 0 spiro atoms. The van der Waals surface area contributed by atoms with E-state index in [1.54, 1.807) is 0 Å². The van der Waals surface area contributed by atoms with Crippen molar-refractivity contribution in [1.82, 2.24) is 10.2 Å². The van der Waals surface area contributed by atoms with Crippen molar-refractivity contribution in [3.63, 3.8) is 0 Å². The largest absolute Gasteiger partial charge is 0.466 e. The van der Waals surface area contributed by atoms with Gasteiger partial charge in [0.25, 0.3) is 0 Å². The van der Waals surface area contributed by atoms with Crippen LogP contribution in [0.3, 0.4) is 0 Å². The van der Waals surface area contributed by atoms with E-state index < -0.39 is 0 Å². The van der Waals surface area contributed by atoms with E-state index in [-0.39, 0.29) is 5.41 Å². The number of hydrogen-bond acceptors (Lipinski definition) is 3. The number of ether oxygens (including phenoxy) is 1. The lowest BCUT2D eigenvalue weighted by molar-refractivity contribution is 0.152. The molecule has 0 saturated carbocycles. The summed E-state index contributed by atoms with van der Waals surface area (Å²) in [6.07, 6.45) is 3.59. The van der Waals surface area contributed by atoms with Gasteiger partial charge < -0.3 is 15.0 Å². The Balaban J connectivity index is 1.53. The second-order valence-corrected chi connectivity index (χ2v) is 9.30. The number of hydrogen-bond donors (Lipinski definition) is 1.